The Bertz CT molecular complexity index is 2300. The van der Waals surface area contributed by atoms with Crippen molar-refractivity contribution < 1.29 is 64.8 Å². The standard InChI is InChI=1S/C60H102N2O14S2/c1-38(13-19-52(65)61-29-31-77(69,70)71)47-16-15-41-34-42(21-25-58(41,47)5)57(4)26-22-45(35-43(57)33-40(3)63)75-54(67)11-9-8-10-12-55(68)76-46-23-27-59(6)44(36-46)37-51(64)56-49-18-17-48(60(49,7)28-24-50(56)59)39(2)14-20-53(66)62-30-32-78(72,73)74/h38-51,56,63-64H,8-37H2,1-7H3,(H,61,65)(H,62,66)(H,69,70,71)(H,72,73,74)/t38-,39-,40-,41+,42+,43?,44?,45-,46-,47-,48-,49+,50+,51+,56+,57-,58+,59+,60-/m1/s1. The normalized spacial score (nSPS) is 38.8. The fourth-order valence-corrected chi connectivity index (χ4v) is 19.5. The van der Waals surface area contributed by atoms with Crippen molar-refractivity contribution in [2.75, 3.05) is 24.6 Å². The number of nitrogens with one attached hydrogen (secondary N) is 2. The zero-order valence-electron chi connectivity index (χ0n) is 48.6. The van der Waals surface area contributed by atoms with E-state index in [1.54, 1.807) is 0 Å². The molecule has 2 unspecified atom stereocenters. The van der Waals surface area contributed by atoms with Crippen molar-refractivity contribution in [1.29, 1.82) is 0 Å². The minimum atomic E-state index is -4.13. The van der Waals surface area contributed by atoms with Gasteiger partial charge in [0.1, 0.15) is 12.2 Å². The first-order chi connectivity index (χ1) is 36.5. The Labute approximate surface area is 468 Å². The van der Waals surface area contributed by atoms with Gasteiger partial charge in [0, 0.05) is 38.8 Å². The number of hydrogen-bond donors (Lipinski definition) is 6. The molecule has 448 valence electrons. The minimum absolute atomic E-state index is 0.0311. The molecule has 0 spiro atoms. The predicted molar refractivity (Wildman–Crippen MR) is 299 cm³/mol. The molecule has 7 rings (SSSR count). The van der Waals surface area contributed by atoms with Gasteiger partial charge < -0.3 is 30.3 Å². The van der Waals surface area contributed by atoms with Crippen LogP contribution in [0, 0.1) is 86.8 Å². The number of unbranched alkanes of at least 4 members (excludes halogenated alkanes) is 2. The fourth-order valence-electron chi connectivity index (χ4n) is 18.8. The number of fused-ring (bicyclic) bond motifs is 6. The topological polar surface area (TPSA) is 260 Å². The Morgan fingerprint density at radius 3 is 1.60 bits per heavy atom. The van der Waals surface area contributed by atoms with Gasteiger partial charge in [0.05, 0.1) is 23.7 Å². The summed E-state index contributed by atoms with van der Waals surface area (Å²) in [6.07, 6.45) is 20.1. The molecule has 0 radical (unpaired) electrons. The third-order valence-electron chi connectivity index (χ3n) is 23.2. The zero-order chi connectivity index (χ0) is 57.0. The number of aliphatic hydroxyl groups is 2. The second-order valence-electron chi connectivity index (χ2n) is 27.8. The maximum Gasteiger partial charge on any atom is 0.306 e. The SMILES string of the molecule is C[C@H](CCC(=O)NCCS(=O)(=O)O)[C@H]1CC[C@H]2C[C@@H]([C@@]3(C)CC[C@@H](OC(=O)CCCCCC(=O)O[C@@H]4CC[C@@]5(C)C(C4)C[C@H](O)[C@H]4[C@@H]6CC[C@H]([C@H](C)CCC(=O)NCCS(=O)(=O)O)[C@@]6(C)CC[C@@H]45)CC3C[C@@H](C)O)CC[C@@]21C. The Morgan fingerprint density at radius 2 is 1.04 bits per heavy atom. The number of amides is 2. The van der Waals surface area contributed by atoms with Crippen molar-refractivity contribution in [2.24, 2.45) is 86.8 Å². The summed E-state index contributed by atoms with van der Waals surface area (Å²) >= 11 is 0. The van der Waals surface area contributed by atoms with Crippen molar-refractivity contribution in [1.82, 2.24) is 10.6 Å². The number of aliphatic hydroxyl groups excluding tert-OH is 2. The van der Waals surface area contributed by atoms with Crippen LogP contribution in [0.3, 0.4) is 0 Å². The van der Waals surface area contributed by atoms with Gasteiger partial charge in [-0.3, -0.25) is 28.3 Å². The number of esters is 2. The highest BCUT2D eigenvalue weighted by molar-refractivity contribution is 7.86. The lowest BCUT2D eigenvalue weighted by Gasteiger charge is -2.62. The summed E-state index contributed by atoms with van der Waals surface area (Å²) in [6, 6.07) is 0. The van der Waals surface area contributed by atoms with E-state index in [-0.39, 0.29) is 88.5 Å². The van der Waals surface area contributed by atoms with Crippen LogP contribution < -0.4 is 10.6 Å². The molecule has 0 bridgehead atoms. The first-order valence-electron chi connectivity index (χ1n) is 30.7. The van der Waals surface area contributed by atoms with Crippen LogP contribution in [0.1, 0.15) is 215 Å². The highest BCUT2D eigenvalue weighted by Gasteiger charge is 2.63. The van der Waals surface area contributed by atoms with Gasteiger partial charge >= 0.3 is 11.9 Å². The van der Waals surface area contributed by atoms with E-state index in [0.29, 0.717) is 98.7 Å². The van der Waals surface area contributed by atoms with Crippen LogP contribution in [0.15, 0.2) is 0 Å². The van der Waals surface area contributed by atoms with Gasteiger partial charge in [-0.25, -0.2) is 0 Å². The van der Waals surface area contributed by atoms with E-state index in [1.165, 1.54) is 6.42 Å². The molecule has 16 nitrogen and oxygen atoms in total. The molecule has 0 saturated heterocycles. The van der Waals surface area contributed by atoms with E-state index in [4.69, 9.17) is 18.6 Å². The molecule has 7 saturated carbocycles. The van der Waals surface area contributed by atoms with Crippen LogP contribution in [-0.4, -0.2) is 109 Å². The quantitative estimate of drug-likeness (QED) is 0.0283. The molecule has 0 aromatic carbocycles. The second kappa shape index (κ2) is 26.0. The molecule has 2 amide bonds. The van der Waals surface area contributed by atoms with Gasteiger partial charge in [-0.1, -0.05) is 48.0 Å². The van der Waals surface area contributed by atoms with Gasteiger partial charge in [0.15, 0.2) is 0 Å². The summed E-state index contributed by atoms with van der Waals surface area (Å²) in [4.78, 5) is 51.5. The Balaban J connectivity index is 0.795. The molecule has 78 heavy (non-hydrogen) atoms. The molecular weight excluding hydrogens is 1040 g/mol. The number of rotatable bonds is 25. The largest absolute Gasteiger partial charge is 0.462 e. The van der Waals surface area contributed by atoms with Crippen LogP contribution in [-0.2, 0) is 48.9 Å². The highest BCUT2D eigenvalue weighted by Crippen LogP contribution is 2.69. The molecule has 0 aromatic rings. The molecule has 6 N–H and O–H groups in total. The molecule has 0 aromatic heterocycles. The summed E-state index contributed by atoms with van der Waals surface area (Å²) < 4.78 is 74.5. The molecule has 18 heteroatoms. The molecule has 0 heterocycles. The van der Waals surface area contributed by atoms with Crippen molar-refractivity contribution >= 4 is 44.0 Å². The second-order valence-corrected chi connectivity index (χ2v) is 31.0. The first-order valence-corrected chi connectivity index (χ1v) is 33.9. The third kappa shape index (κ3) is 15.2. The summed E-state index contributed by atoms with van der Waals surface area (Å²) in [5.41, 5.74) is 0.385. The molecule has 19 atom stereocenters. The van der Waals surface area contributed by atoms with E-state index in [2.05, 4.69) is 52.2 Å². The van der Waals surface area contributed by atoms with Gasteiger partial charge in [0.2, 0.25) is 11.8 Å². The summed E-state index contributed by atoms with van der Waals surface area (Å²) in [5.74, 6) is 2.55. The molecule has 7 fully saturated rings. The van der Waals surface area contributed by atoms with Crippen LogP contribution in [0.2, 0.25) is 0 Å². The van der Waals surface area contributed by atoms with Crippen LogP contribution in [0.5, 0.6) is 0 Å². The molecule has 0 aliphatic heterocycles. The summed E-state index contributed by atoms with van der Waals surface area (Å²) in [6.45, 7) is 15.9. The maximum absolute atomic E-state index is 13.3. The highest BCUT2D eigenvalue weighted by atomic mass is 32.2. The lowest BCUT2D eigenvalue weighted by Crippen LogP contribution is -2.58. The van der Waals surface area contributed by atoms with E-state index >= 15 is 0 Å². The van der Waals surface area contributed by atoms with E-state index in [0.717, 1.165) is 109 Å². The lowest BCUT2D eigenvalue weighted by molar-refractivity contribution is -0.183. The van der Waals surface area contributed by atoms with Crippen molar-refractivity contribution in [2.45, 2.75) is 240 Å². The van der Waals surface area contributed by atoms with Gasteiger partial charge in [-0.2, -0.15) is 16.8 Å². The number of carbonyl (C=O) groups excluding carboxylic acids is 4. The zero-order valence-corrected chi connectivity index (χ0v) is 50.2. The smallest absolute Gasteiger partial charge is 0.306 e. The van der Waals surface area contributed by atoms with Gasteiger partial charge in [-0.15, -0.1) is 0 Å². The maximum atomic E-state index is 13.3. The minimum Gasteiger partial charge on any atom is -0.462 e. The summed E-state index contributed by atoms with van der Waals surface area (Å²) in [5, 5.41) is 27.9. The van der Waals surface area contributed by atoms with Gasteiger partial charge in [0.25, 0.3) is 20.2 Å². The average molecular weight is 1140 g/mol. The Hall–Kier alpha value is -2.38. The molecule has 7 aliphatic carbocycles. The van der Waals surface area contributed by atoms with Gasteiger partial charge in [-0.05, 0) is 229 Å². The van der Waals surface area contributed by atoms with Crippen LogP contribution in [0.4, 0.5) is 0 Å². The predicted octanol–water partition coefficient (Wildman–Crippen LogP) is 9.64. The molecule has 7 aliphatic rings. The average Bonchev–Trinajstić information content (AvgIpc) is 4.07. The number of carbonyl (C=O) groups is 4. The number of hydrogen-bond acceptors (Lipinski definition) is 12. The fraction of sp³-hybridized carbons (Fsp3) is 0.933. The monoisotopic (exact) mass is 1140 g/mol. The Morgan fingerprint density at radius 1 is 0.551 bits per heavy atom. The molecular formula is C60H102N2O14S2. The first kappa shape index (κ1) is 63.2. The van der Waals surface area contributed by atoms with Crippen LogP contribution >= 0.6 is 0 Å². The van der Waals surface area contributed by atoms with Crippen molar-refractivity contribution in [3.8, 4) is 0 Å². The van der Waals surface area contributed by atoms with Crippen LogP contribution in [0.25, 0.3) is 0 Å². The van der Waals surface area contributed by atoms with E-state index in [9.17, 15) is 46.2 Å². The van der Waals surface area contributed by atoms with E-state index in [1.807, 2.05) is 6.92 Å². The third-order valence-corrected chi connectivity index (χ3v) is 24.6. The van der Waals surface area contributed by atoms with Crippen molar-refractivity contribution in [3.63, 3.8) is 0 Å². The number of ether oxygens (including phenoxy) is 2. The lowest BCUT2D eigenvalue weighted by atomic mass is 9.43. The summed E-state index contributed by atoms with van der Waals surface area (Å²) in [7, 11) is -8.24. The van der Waals surface area contributed by atoms with Crippen molar-refractivity contribution in [3.05, 3.63) is 0 Å². The van der Waals surface area contributed by atoms with E-state index < -0.39 is 43.9 Å². The Kier molecular flexibility index (Phi) is 21.1.